The van der Waals surface area contributed by atoms with Gasteiger partial charge in [-0.2, -0.15) is 11.3 Å². The highest BCUT2D eigenvalue weighted by atomic mass is 32.1. The van der Waals surface area contributed by atoms with Crippen LogP contribution in [0.1, 0.15) is 54.2 Å². The maximum atomic E-state index is 9.74. The van der Waals surface area contributed by atoms with Crippen LogP contribution in [-0.4, -0.2) is 28.2 Å². The first-order valence-corrected chi connectivity index (χ1v) is 10.2. The average Bonchev–Trinajstić information content (AvgIpc) is 3.40. The van der Waals surface area contributed by atoms with Gasteiger partial charge in [-0.15, -0.1) is 0 Å². The fourth-order valence-corrected chi connectivity index (χ4v) is 4.57. The highest BCUT2D eigenvalue weighted by molar-refractivity contribution is 7.07. The molecule has 0 aromatic carbocycles. The van der Waals surface area contributed by atoms with E-state index in [1.54, 1.807) is 11.3 Å². The second kappa shape index (κ2) is 7.81. The first kappa shape index (κ1) is 16.9. The van der Waals surface area contributed by atoms with E-state index in [9.17, 15) is 5.11 Å². The van der Waals surface area contributed by atoms with E-state index in [1.807, 2.05) is 0 Å². The third-order valence-corrected chi connectivity index (χ3v) is 6.08. The number of hydrogen-bond donors (Lipinski definition) is 3. The minimum Gasteiger partial charge on any atom is -0.396 e. The maximum absolute atomic E-state index is 9.74. The minimum absolute atomic E-state index is 0.184. The molecule has 1 unspecified atom stereocenters. The van der Waals surface area contributed by atoms with Crippen LogP contribution in [0.25, 0.3) is 0 Å². The van der Waals surface area contributed by atoms with Gasteiger partial charge in [0.05, 0.1) is 5.69 Å². The van der Waals surface area contributed by atoms with Gasteiger partial charge in [0.15, 0.2) is 0 Å². The zero-order chi connectivity index (χ0) is 17.1. The fraction of sp³-hybridized carbons (Fsp3) is 0.579. The van der Waals surface area contributed by atoms with Crippen LogP contribution in [0.3, 0.4) is 0 Å². The standard InChI is InChI=1S/C19H26N4OS/c24-11-14(7-13-5-6-25-12-13)8-21-19-16-9-20-10-17(16)22-18(23-19)15-3-1-2-4-15/h5-6,12,14-15,20,24H,1-4,7-11H2,(H,21,22,23). The quantitative estimate of drug-likeness (QED) is 0.710. The van der Waals surface area contributed by atoms with Crippen molar-refractivity contribution in [3.63, 3.8) is 0 Å². The van der Waals surface area contributed by atoms with E-state index < -0.39 is 0 Å². The number of aliphatic hydroxyl groups excluding tert-OH is 1. The van der Waals surface area contributed by atoms with Crippen molar-refractivity contribution in [1.29, 1.82) is 0 Å². The third kappa shape index (κ3) is 3.86. The summed E-state index contributed by atoms with van der Waals surface area (Å²) in [5.41, 5.74) is 3.65. The van der Waals surface area contributed by atoms with Gasteiger partial charge in [-0.05, 0) is 41.7 Å². The summed E-state index contributed by atoms with van der Waals surface area (Å²) >= 11 is 1.71. The number of nitrogens with one attached hydrogen (secondary N) is 2. The molecule has 134 valence electrons. The highest BCUT2D eigenvalue weighted by Crippen LogP contribution is 2.34. The minimum atomic E-state index is 0.184. The first-order chi connectivity index (χ1) is 12.3. The first-order valence-electron chi connectivity index (χ1n) is 9.29. The van der Waals surface area contributed by atoms with Crippen molar-refractivity contribution in [3.05, 3.63) is 39.5 Å². The molecule has 3 N–H and O–H groups in total. The zero-order valence-electron chi connectivity index (χ0n) is 14.5. The molecule has 0 saturated heterocycles. The monoisotopic (exact) mass is 358 g/mol. The molecule has 5 nitrogen and oxygen atoms in total. The summed E-state index contributed by atoms with van der Waals surface area (Å²) in [7, 11) is 0. The second-order valence-electron chi connectivity index (χ2n) is 7.21. The Morgan fingerprint density at radius 1 is 1.28 bits per heavy atom. The van der Waals surface area contributed by atoms with Gasteiger partial charge in [0.1, 0.15) is 11.6 Å². The number of hydrogen-bond acceptors (Lipinski definition) is 6. The average molecular weight is 359 g/mol. The number of thiophene rings is 1. The molecular formula is C19H26N4OS. The number of aliphatic hydroxyl groups is 1. The van der Waals surface area contributed by atoms with Crippen molar-refractivity contribution in [2.24, 2.45) is 5.92 Å². The molecule has 0 radical (unpaired) electrons. The van der Waals surface area contributed by atoms with Crippen molar-refractivity contribution in [3.8, 4) is 0 Å². The molecule has 2 aromatic rings. The Kier molecular flexibility index (Phi) is 5.29. The van der Waals surface area contributed by atoms with Crippen LogP contribution in [0.4, 0.5) is 5.82 Å². The molecule has 0 bridgehead atoms. The van der Waals surface area contributed by atoms with Crippen molar-refractivity contribution < 1.29 is 5.11 Å². The highest BCUT2D eigenvalue weighted by Gasteiger charge is 2.25. The maximum Gasteiger partial charge on any atom is 0.134 e. The van der Waals surface area contributed by atoms with Crippen molar-refractivity contribution in [1.82, 2.24) is 15.3 Å². The van der Waals surface area contributed by atoms with Crippen molar-refractivity contribution in [2.45, 2.75) is 51.1 Å². The number of fused-ring (bicyclic) bond motifs is 1. The molecule has 1 aliphatic carbocycles. The normalized spacial score (nSPS) is 18.4. The van der Waals surface area contributed by atoms with Gasteiger partial charge in [0.25, 0.3) is 0 Å². The van der Waals surface area contributed by atoms with Crippen LogP contribution in [-0.2, 0) is 19.5 Å². The van der Waals surface area contributed by atoms with Crippen LogP contribution in [0, 0.1) is 5.92 Å². The van der Waals surface area contributed by atoms with E-state index in [1.165, 1.54) is 36.8 Å². The Labute approximate surface area is 152 Å². The molecule has 1 aliphatic heterocycles. The summed E-state index contributed by atoms with van der Waals surface area (Å²) in [4.78, 5) is 9.73. The number of anilines is 1. The van der Waals surface area contributed by atoms with Crippen LogP contribution in [0.15, 0.2) is 16.8 Å². The zero-order valence-corrected chi connectivity index (χ0v) is 15.3. The lowest BCUT2D eigenvalue weighted by atomic mass is 10.0. The van der Waals surface area contributed by atoms with Crippen LogP contribution in [0.5, 0.6) is 0 Å². The number of nitrogens with zero attached hydrogens (tertiary/aromatic N) is 2. The molecule has 4 rings (SSSR count). The van der Waals surface area contributed by atoms with E-state index in [0.717, 1.165) is 43.4 Å². The predicted octanol–water partition coefficient (Wildman–Crippen LogP) is 3.06. The lowest BCUT2D eigenvalue weighted by molar-refractivity contribution is 0.232. The Balaban J connectivity index is 1.48. The van der Waals surface area contributed by atoms with Gasteiger partial charge in [-0.25, -0.2) is 9.97 Å². The lowest BCUT2D eigenvalue weighted by Gasteiger charge is -2.18. The third-order valence-electron chi connectivity index (χ3n) is 5.35. The lowest BCUT2D eigenvalue weighted by Crippen LogP contribution is -2.22. The van der Waals surface area contributed by atoms with Crippen molar-refractivity contribution >= 4 is 17.2 Å². The van der Waals surface area contributed by atoms with E-state index in [-0.39, 0.29) is 12.5 Å². The van der Waals surface area contributed by atoms with Crippen LogP contribution in [0.2, 0.25) is 0 Å². The smallest absolute Gasteiger partial charge is 0.134 e. The van der Waals surface area contributed by atoms with Gasteiger partial charge in [0.2, 0.25) is 0 Å². The Morgan fingerprint density at radius 2 is 2.16 bits per heavy atom. The molecule has 25 heavy (non-hydrogen) atoms. The topological polar surface area (TPSA) is 70.1 Å². The molecular weight excluding hydrogens is 332 g/mol. The summed E-state index contributed by atoms with van der Waals surface area (Å²) in [6.45, 7) is 2.59. The largest absolute Gasteiger partial charge is 0.396 e. The molecule has 2 aliphatic rings. The van der Waals surface area contributed by atoms with Gasteiger partial charge in [-0.3, -0.25) is 0 Å². The second-order valence-corrected chi connectivity index (χ2v) is 7.99. The van der Waals surface area contributed by atoms with Crippen LogP contribution >= 0.6 is 11.3 Å². The van der Waals surface area contributed by atoms with Gasteiger partial charge >= 0.3 is 0 Å². The molecule has 1 atom stereocenters. The number of aromatic nitrogens is 2. The van der Waals surface area contributed by atoms with Crippen molar-refractivity contribution in [2.75, 3.05) is 18.5 Å². The molecule has 0 spiro atoms. The van der Waals surface area contributed by atoms with E-state index in [4.69, 9.17) is 9.97 Å². The van der Waals surface area contributed by atoms with E-state index in [0.29, 0.717) is 5.92 Å². The van der Waals surface area contributed by atoms with E-state index in [2.05, 4.69) is 27.5 Å². The van der Waals surface area contributed by atoms with Crippen LogP contribution < -0.4 is 10.6 Å². The summed E-state index contributed by atoms with van der Waals surface area (Å²) in [5.74, 6) is 2.71. The SMILES string of the molecule is OCC(CNc1nc(C2CCCC2)nc2c1CNC2)Cc1ccsc1. The molecule has 0 amide bonds. The molecule has 1 saturated carbocycles. The molecule has 6 heteroatoms. The number of rotatable bonds is 7. The Hall–Kier alpha value is -1.50. The summed E-state index contributed by atoms with van der Waals surface area (Å²) in [6.07, 6.45) is 5.90. The van der Waals surface area contributed by atoms with Gasteiger partial charge in [0, 0.05) is 43.6 Å². The molecule has 2 aromatic heterocycles. The predicted molar refractivity (Wildman–Crippen MR) is 101 cm³/mol. The summed E-state index contributed by atoms with van der Waals surface area (Å²) in [5, 5.41) is 20.9. The van der Waals surface area contributed by atoms with Gasteiger partial charge in [-0.1, -0.05) is 12.8 Å². The van der Waals surface area contributed by atoms with Gasteiger partial charge < -0.3 is 15.7 Å². The summed E-state index contributed by atoms with van der Waals surface area (Å²) in [6, 6.07) is 2.14. The Morgan fingerprint density at radius 3 is 2.92 bits per heavy atom. The molecule has 1 fully saturated rings. The fourth-order valence-electron chi connectivity index (χ4n) is 3.88. The summed E-state index contributed by atoms with van der Waals surface area (Å²) < 4.78 is 0. The Bertz CT molecular complexity index is 698. The van der Waals surface area contributed by atoms with E-state index >= 15 is 0 Å². The molecule has 3 heterocycles.